The van der Waals surface area contributed by atoms with Crippen LogP contribution >= 0.6 is 11.8 Å². The number of hydrogen-bond acceptors (Lipinski definition) is 2. The largest absolute Gasteiger partial charge is 0.478 e. The summed E-state index contributed by atoms with van der Waals surface area (Å²) in [4.78, 5) is 11.5. The average Bonchev–Trinajstić information content (AvgIpc) is 2.17. The molecular formula is C11H12O2S. The normalized spacial score (nSPS) is 10.6. The smallest absolute Gasteiger partial charge is 0.328 e. The number of thioether (sulfide) groups is 1. The van der Waals surface area contributed by atoms with E-state index in [4.69, 9.17) is 5.11 Å². The number of aliphatic carboxylic acids is 1. The zero-order chi connectivity index (χ0) is 10.4. The van der Waals surface area contributed by atoms with Gasteiger partial charge in [-0.1, -0.05) is 25.1 Å². The summed E-state index contributed by atoms with van der Waals surface area (Å²) < 4.78 is 0. The fourth-order valence-electron chi connectivity index (χ4n) is 1.07. The summed E-state index contributed by atoms with van der Waals surface area (Å²) in [7, 11) is 0. The lowest BCUT2D eigenvalue weighted by Gasteiger charge is -2.02. The highest BCUT2D eigenvalue weighted by Crippen LogP contribution is 2.23. The van der Waals surface area contributed by atoms with Crippen LogP contribution in [0.3, 0.4) is 0 Å². The van der Waals surface area contributed by atoms with Crippen molar-refractivity contribution in [1.29, 1.82) is 0 Å². The van der Waals surface area contributed by atoms with Gasteiger partial charge in [-0.15, -0.1) is 11.8 Å². The van der Waals surface area contributed by atoms with E-state index in [1.54, 1.807) is 17.8 Å². The highest BCUT2D eigenvalue weighted by Gasteiger charge is 1.97. The van der Waals surface area contributed by atoms with Crippen molar-refractivity contribution in [2.24, 2.45) is 0 Å². The maximum Gasteiger partial charge on any atom is 0.328 e. The molecule has 0 atom stereocenters. The van der Waals surface area contributed by atoms with Gasteiger partial charge in [-0.3, -0.25) is 0 Å². The Bertz CT molecular complexity index is 345. The Balaban J connectivity index is 2.89. The van der Waals surface area contributed by atoms with Crippen molar-refractivity contribution < 1.29 is 9.90 Å². The van der Waals surface area contributed by atoms with Gasteiger partial charge in [0.15, 0.2) is 0 Å². The SMILES string of the molecule is CCSc1ccccc1C=CC(=O)O. The van der Waals surface area contributed by atoms with E-state index in [0.717, 1.165) is 22.3 Å². The van der Waals surface area contributed by atoms with Crippen molar-refractivity contribution in [1.82, 2.24) is 0 Å². The van der Waals surface area contributed by atoms with Crippen LogP contribution in [0.1, 0.15) is 12.5 Å². The summed E-state index contributed by atoms with van der Waals surface area (Å²) in [5.74, 6) is 0.0686. The van der Waals surface area contributed by atoms with Gasteiger partial charge < -0.3 is 5.11 Å². The van der Waals surface area contributed by atoms with Crippen molar-refractivity contribution in [2.45, 2.75) is 11.8 Å². The van der Waals surface area contributed by atoms with Crippen molar-refractivity contribution in [2.75, 3.05) is 5.75 Å². The molecule has 0 fully saturated rings. The lowest BCUT2D eigenvalue weighted by molar-refractivity contribution is -0.131. The van der Waals surface area contributed by atoms with E-state index < -0.39 is 5.97 Å². The third kappa shape index (κ3) is 3.26. The molecule has 0 saturated heterocycles. The van der Waals surface area contributed by atoms with Gasteiger partial charge in [0.05, 0.1) is 0 Å². The molecule has 0 aromatic heterocycles. The Hall–Kier alpha value is -1.22. The van der Waals surface area contributed by atoms with Crippen LogP contribution in [0.5, 0.6) is 0 Å². The van der Waals surface area contributed by atoms with Crippen LogP contribution in [0.2, 0.25) is 0 Å². The molecule has 0 heterocycles. The second kappa shape index (κ2) is 5.50. The Morgan fingerprint density at radius 2 is 2.21 bits per heavy atom. The summed E-state index contributed by atoms with van der Waals surface area (Å²) >= 11 is 1.71. The molecule has 0 amide bonds. The predicted octanol–water partition coefficient (Wildman–Crippen LogP) is 2.90. The number of carboxylic acids is 1. The lowest BCUT2D eigenvalue weighted by atomic mass is 10.2. The topological polar surface area (TPSA) is 37.3 Å². The van der Waals surface area contributed by atoms with Crippen molar-refractivity contribution >= 4 is 23.8 Å². The van der Waals surface area contributed by atoms with Crippen LogP contribution in [0.4, 0.5) is 0 Å². The highest BCUT2D eigenvalue weighted by molar-refractivity contribution is 7.99. The summed E-state index contributed by atoms with van der Waals surface area (Å²) in [6.07, 6.45) is 2.79. The second-order valence-corrected chi connectivity index (χ2v) is 3.95. The molecule has 3 heteroatoms. The van der Waals surface area contributed by atoms with Crippen LogP contribution in [0.15, 0.2) is 35.2 Å². The first-order valence-electron chi connectivity index (χ1n) is 4.37. The molecule has 0 spiro atoms. The average molecular weight is 208 g/mol. The van der Waals surface area contributed by atoms with Gasteiger partial charge >= 0.3 is 5.97 Å². The summed E-state index contributed by atoms with van der Waals surface area (Å²) in [5.41, 5.74) is 0.960. The number of rotatable bonds is 4. The molecule has 2 nitrogen and oxygen atoms in total. The van der Waals surface area contributed by atoms with Crippen LogP contribution in [0, 0.1) is 0 Å². The van der Waals surface area contributed by atoms with Gasteiger partial charge in [0.1, 0.15) is 0 Å². The monoisotopic (exact) mass is 208 g/mol. The third-order valence-electron chi connectivity index (χ3n) is 1.62. The summed E-state index contributed by atoms with van der Waals surface area (Å²) in [6, 6.07) is 7.77. The lowest BCUT2D eigenvalue weighted by Crippen LogP contribution is -1.86. The van der Waals surface area contributed by atoms with E-state index in [0.29, 0.717) is 0 Å². The van der Waals surface area contributed by atoms with Crippen LogP contribution in [-0.4, -0.2) is 16.8 Å². The van der Waals surface area contributed by atoms with Gasteiger partial charge in [-0.2, -0.15) is 0 Å². The first kappa shape index (κ1) is 10.9. The van der Waals surface area contributed by atoms with Crippen LogP contribution < -0.4 is 0 Å². The van der Waals surface area contributed by atoms with Gasteiger partial charge in [0.2, 0.25) is 0 Å². The minimum Gasteiger partial charge on any atom is -0.478 e. The predicted molar refractivity (Wildman–Crippen MR) is 59.5 cm³/mol. The fraction of sp³-hybridized carbons (Fsp3) is 0.182. The molecular weight excluding hydrogens is 196 g/mol. The number of benzene rings is 1. The molecule has 1 rings (SSSR count). The van der Waals surface area contributed by atoms with Gasteiger partial charge in [-0.05, 0) is 23.5 Å². The van der Waals surface area contributed by atoms with Crippen molar-refractivity contribution in [3.63, 3.8) is 0 Å². The molecule has 0 unspecified atom stereocenters. The maximum absolute atomic E-state index is 10.3. The molecule has 1 aromatic rings. The first-order chi connectivity index (χ1) is 6.74. The minimum atomic E-state index is -0.915. The molecule has 0 aliphatic carbocycles. The zero-order valence-electron chi connectivity index (χ0n) is 7.93. The molecule has 0 aliphatic heterocycles. The minimum absolute atomic E-state index is 0.915. The molecule has 0 saturated carbocycles. The molecule has 14 heavy (non-hydrogen) atoms. The number of hydrogen-bond donors (Lipinski definition) is 1. The summed E-state index contributed by atoms with van der Waals surface area (Å²) in [5, 5.41) is 8.50. The quantitative estimate of drug-likeness (QED) is 0.610. The fourth-order valence-corrected chi connectivity index (χ4v) is 1.85. The van der Waals surface area contributed by atoms with Crippen molar-refractivity contribution in [3.8, 4) is 0 Å². The number of carboxylic acid groups (broad SMARTS) is 1. The van der Waals surface area contributed by atoms with Gasteiger partial charge in [0.25, 0.3) is 0 Å². The third-order valence-corrected chi connectivity index (χ3v) is 2.60. The Morgan fingerprint density at radius 1 is 1.50 bits per heavy atom. The van der Waals surface area contributed by atoms with Gasteiger partial charge in [0, 0.05) is 11.0 Å². The molecule has 0 aliphatic rings. The van der Waals surface area contributed by atoms with E-state index in [2.05, 4.69) is 6.92 Å². The molecule has 74 valence electrons. The van der Waals surface area contributed by atoms with E-state index in [-0.39, 0.29) is 0 Å². The molecule has 0 bridgehead atoms. The standard InChI is InChI=1S/C11H12O2S/c1-2-14-10-6-4-3-5-9(10)7-8-11(12)13/h3-8H,2H2,1H3,(H,12,13). The molecule has 0 radical (unpaired) electrons. The van der Waals surface area contributed by atoms with E-state index >= 15 is 0 Å². The first-order valence-corrected chi connectivity index (χ1v) is 5.35. The second-order valence-electron chi connectivity index (χ2n) is 2.64. The van der Waals surface area contributed by atoms with Crippen molar-refractivity contribution in [3.05, 3.63) is 35.9 Å². The Labute approximate surface area is 87.6 Å². The van der Waals surface area contributed by atoms with E-state index in [9.17, 15) is 4.79 Å². The maximum atomic E-state index is 10.3. The van der Waals surface area contributed by atoms with Gasteiger partial charge in [-0.25, -0.2) is 4.79 Å². The van der Waals surface area contributed by atoms with Crippen LogP contribution in [0.25, 0.3) is 6.08 Å². The number of carbonyl (C=O) groups is 1. The van der Waals surface area contributed by atoms with E-state index in [1.807, 2.05) is 24.3 Å². The van der Waals surface area contributed by atoms with E-state index in [1.165, 1.54) is 0 Å². The Morgan fingerprint density at radius 3 is 2.86 bits per heavy atom. The highest BCUT2D eigenvalue weighted by atomic mass is 32.2. The zero-order valence-corrected chi connectivity index (χ0v) is 8.75. The molecule has 1 aromatic carbocycles. The Kier molecular flexibility index (Phi) is 4.26. The molecule has 1 N–H and O–H groups in total. The van der Waals surface area contributed by atoms with Crippen LogP contribution in [-0.2, 0) is 4.79 Å². The summed E-state index contributed by atoms with van der Waals surface area (Å²) in [6.45, 7) is 2.07.